The first-order valence-corrected chi connectivity index (χ1v) is 10.2. The summed E-state index contributed by atoms with van der Waals surface area (Å²) in [6, 6.07) is 10.9. The molecule has 10 heteroatoms. The summed E-state index contributed by atoms with van der Waals surface area (Å²) in [4.78, 5) is 25.8. The van der Waals surface area contributed by atoms with E-state index in [4.69, 9.17) is 14.6 Å². The number of nitrogens with zero attached hydrogens (tertiary/aromatic N) is 2. The molecule has 2 aromatic rings. The Morgan fingerprint density at radius 3 is 2.43 bits per heavy atom. The number of aliphatic carboxylic acids is 1. The molecule has 2 atom stereocenters. The lowest BCUT2D eigenvalue weighted by molar-refractivity contribution is -0.192. The highest BCUT2D eigenvalue weighted by atomic mass is 32.1. The monoisotopic (exact) mass is 442 g/mol. The summed E-state index contributed by atoms with van der Waals surface area (Å²) in [7, 11) is 1.68. The molecule has 1 aromatic heterocycles. The molecule has 1 aromatic carbocycles. The SMILES string of the molecule is COc1ccc(CN2CC[C@H]3[C@H]2CC(=O)N3c2ccsc2)cc1.O=C(O)C(F)(F)F. The standard InChI is InChI=1S/C18H20N2O2S.C2HF3O2/c1-22-15-4-2-13(3-5-15)11-19-8-6-16-17(19)10-18(21)20(16)14-7-9-23-12-14;3-2(4,5)1(6)7/h2-5,7,9,12,16-17H,6,8,10-11H2,1H3;(H,6,7)/t16-,17+;/m0./s1. The van der Waals surface area contributed by atoms with Gasteiger partial charge in [-0.05, 0) is 35.6 Å². The van der Waals surface area contributed by atoms with Crippen LogP contribution in [0.1, 0.15) is 18.4 Å². The number of carboxylic acids is 1. The van der Waals surface area contributed by atoms with Crippen LogP contribution in [0.15, 0.2) is 41.1 Å². The predicted molar refractivity (Wildman–Crippen MR) is 106 cm³/mol. The Balaban J connectivity index is 0.000000318. The Bertz CT molecular complexity index is 871. The van der Waals surface area contributed by atoms with Crippen molar-refractivity contribution in [1.82, 2.24) is 4.90 Å². The number of thiophene rings is 1. The number of carbonyl (C=O) groups is 2. The number of benzene rings is 1. The van der Waals surface area contributed by atoms with Gasteiger partial charge < -0.3 is 14.7 Å². The average molecular weight is 442 g/mol. The van der Waals surface area contributed by atoms with Crippen LogP contribution in [0, 0.1) is 0 Å². The lowest BCUT2D eigenvalue weighted by Gasteiger charge is -2.24. The van der Waals surface area contributed by atoms with Crippen LogP contribution >= 0.6 is 11.3 Å². The summed E-state index contributed by atoms with van der Waals surface area (Å²) in [5.74, 6) is -1.61. The molecule has 0 radical (unpaired) electrons. The smallest absolute Gasteiger partial charge is 0.490 e. The maximum Gasteiger partial charge on any atom is 0.490 e. The van der Waals surface area contributed by atoms with E-state index in [1.54, 1.807) is 18.4 Å². The van der Waals surface area contributed by atoms with Crippen molar-refractivity contribution in [3.8, 4) is 5.75 Å². The second kappa shape index (κ2) is 9.05. The first-order valence-electron chi connectivity index (χ1n) is 9.22. The first-order chi connectivity index (χ1) is 14.2. The summed E-state index contributed by atoms with van der Waals surface area (Å²) >= 11 is 1.65. The number of anilines is 1. The fourth-order valence-electron chi connectivity index (χ4n) is 3.82. The number of ether oxygens (including phenoxy) is 1. The van der Waals surface area contributed by atoms with Gasteiger partial charge in [-0.25, -0.2) is 4.79 Å². The number of halogens is 3. The largest absolute Gasteiger partial charge is 0.497 e. The molecule has 0 unspecified atom stereocenters. The lowest BCUT2D eigenvalue weighted by Crippen LogP contribution is -2.36. The molecule has 1 amide bonds. The van der Waals surface area contributed by atoms with Gasteiger partial charge >= 0.3 is 12.1 Å². The van der Waals surface area contributed by atoms with Crippen molar-refractivity contribution in [3.63, 3.8) is 0 Å². The van der Waals surface area contributed by atoms with E-state index in [0.29, 0.717) is 18.5 Å². The molecule has 2 aliphatic heterocycles. The third kappa shape index (κ3) is 4.93. The molecule has 2 aliphatic rings. The predicted octanol–water partition coefficient (Wildman–Crippen LogP) is 3.77. The maximum absolute atomic E-state index is 12.5. The normalized spacial score (nSPS) is 21.2. The Labute approximate surface area is 175 Å². The first kappa shape index (κ1) is 22.1. The van der Waals surface area contributed by atoms with Crippen molar-refractivity contribution in [2.45, 2.75) is 37.6 Å². The summed E-state index contributed by atoms with van der Waals surface area (Å²) in [5, 5.41) is 11.2. The van der Waals surface area contributed by atoms with Crippen molar-refractivity contribution in [2.75, 3.05) is 18.6 Å². The van der Waals surface area contributed by atoms with Crippen LogP contribution in [0.2, 0.25) is 0 Å². The van der Waals surface area contributed by atoms with Crippen molar-refractivity contribution < 1.29 is 32.6 Å². The van der Waals surface area contributed by atoms with Gasteiger partial charge in [0, 0.05) is 30.9 Å². The molecule has 0 bridgehead atoms. The van der Waals surface area contributed by atoms with Crippen molar-refractivity contribution in [3.05, 3.63) is 46.7 Å². The van der Waals surface area contributed by atoms with E-state index in [1.807, 2.05) is 22.4 Å². The molecule has 2 saturated heterocycles. The summed E-state index contributed by atoms with van der Waals surface area (Å²) in [6.07, 6.45) is -3.39. The number of amides is 1. The van der Waals surface area contributed by atoms with E-state index in [0.717, 1.165) is 30.9 Å². The maximum atomic E-state index is 12.5. The zero-order valence-corrected chi connectivity index (χ0v) is 16.9. The van der Waals surface area contributed by atoms with Gasteiger partial charge in [0.15, 0.2) is 0 Å². The number of carbonyl (C=O) groups excluding carboxylic acids is 1. The number of methoxy groups -OCH3 is 1. The summed E-state index contributed by atoms with van der Waals surface area (Å²) < 4.78 is 37.0. The number of hydrogen-bond acceptors (Lipinski definition) is 5. The number of likely N-dealkylation sites (tertiary alicyclic amines) is 1. The van der Waals surface area contributed by atoms with Crippen LogP contribution < -0.4 is 9.64 Å². The van der Waals surface area contributed by atoms with Gasteiger partial charge in [-0.3, -0.25) is 9.69 Å². The van der Waals surface area contributed by atoms with Gasteiger partial charge in [-0.1, -0.05) is 12.1 Å². The summed E-state index contributed by atoms with van der Waals surface area (Å²) in [6.45, 7) is 1.95. The molecule has 3 heterocycles. The zero-order valence-electron chi connectivity index (χ0n) is 16.1. The second-order valence-corrected chi connectivity index (χ2v) is 7.77. The Morgan fingerprint density at radius 1 is 1.23 bits per heavy atom. The van der Waals surface area contributed by atoms with Crippen molar-refractivity contribution >= 4 is 28.9 Å². The molecule has 6 nitrogen and oxygen atoms in total. The molecular weight excluding hydrogens is 421 g/mol. The van der Waals surface area contributed by atoms with E-state index in [9.17, 15) is 18.0 Å². The highest BCUT2D eigenvalue weighted by Crippen LogP contribution is 2.37. The zero-order chi connectivity index (χ0) is 21.9. The minimum Gasteiger partial charge on any atom is -0.497 e. The van der Waals surface area contributed by atoms with Crippen molar-refractivity contribution in [1.29, 1.82) is 0 Å². The van der Waals surface area contributed by atoms with Gasteiger partial charge in [0.2, 0.25) is 5.91 Å². The molecule has 4 rings (SSSR count). The minimum atomic E-state index is -5.08. The van der Waals surface area contributed by atoms with Crippen LogP contribution in [0.5, 0.6) is 5.75 Å². The molecule has 2 fully saturated rings. The number of alkyl halides is 3. The van der Waals surface area contributed by atoms with Crippen LogP contribution in [0.3, 0.4) is 0 Å². The van der Waals surface area contributed by atoms with Gasteiger partial charge in [-0.2, -0.15) is 24.5 Å². The Morgan fingerprint density at radius 2 is 1.90 bits per heavy atom. The molecule has 30 heavy (non-hydrogen) atoms. The van der Waals surface area contributed by atoms with Gasteiger partial charge in [0.05, 0.1) is 18.8 Å². The van der Waals surface area contributed by atoms with Gasteiger partial charge in [0.1, 0.15) is 5.75 Å². The number of rotatable bonds is 4. The van der Waals surface area contributed by atoms with Crippen LogP contribution in [-0.2, 0) is 16.1 Å². The lowest BCUT2D eigenvalue weighted by atomic mass is 10.1. The highest BCUT2D eigenvalue weighted by Gasteiger charge is 2.47. The number of hydrogen-bond donors (Lipinski definition) is 1. The van der Waals surface area contributed by atoms with Crippen LogP contribution in [-0.4, -0.2) is 53.8 Å². The molecule has 162 valence electrons. The van der Waals surface area contributed by atoms with Crippen molar-refractivity contribution in [2.24, 2.45) is 0 Å². The highest BCUT2D eigenvalue weighted by molar-refractivity contribution is 7.08. The fourth-order valence-corrected chi connectivity index (χ4v) is 4.45. The molecule has 0 spiro atoms. The molecular formula is C20H21F3N2O4S. The molecule has 1 N–H and O–H groups in total. The van der Waals surface area contributed by atoms with E-state index >= 15 is 0 Å². The Hall–Kier alpha value is -2.59. The van der Waals surface area contributed by atoms with Crippen LogP contribution in [0.4, 0.5) is 18.9 Å². The minimum absolute atomic E-state index is 0.262. The fraction of sp³-hybridized carbons (Fsp3) is 0.400. The van der Waals surface area contributed by atoms with E-state index < -0.39 is 12.1 Å². The van der Waals surface area contributed by atoms with Gasteiger partial charge in [0.25, 0.3) is 0 Å². The average Bonchev–Trinajstić information content (AvgIpc) is 3.40. The van der Waals surface area contributed by atoms with Gasteiger partial charge in [-0.15, -0.1) is 0 Å². The second-order valence-electron chi connectivity index (χ2n) is 6.99. The van der Waals surface area contributed by atoms with E-state index in [-0.39, 0.29) is 5.91 Å². The van der Waals surface area contributed by atoms with Crippen LogP contribution in [0.25, 0.3) is 0 Å². The Kier molecular flexibility index (Phi) is 6.67. The summed E-state index contributed by atoms with van der Waals surface area (Å²) in [5.41, 5.74) is 2.34. The topological polar surface area (TPSA) is 70.1 Å². The number of fused-ring (bicyclic) bond motifs is 1. The quantitative estimate of drug-likeness (QED) is 0.781. The van der Waals surface area contributed by atoms with E-state index in [2.05, 4.69) is 28.5 Å². The third-order valence-corrected chi connectivity index (χ3v) is 5.85. The molecule has 0 saturated carbocycles. The van der Waals surface area contributed by atoms with E-state index in [1.165, 1.54) is 5.56 Å². The number of carboxylic acid groups (broad SMARTS) is 1. The third-order valence-electron chi connectivity index (χ3n) is 5.18. The molecule has 0 aliphatic carbocycles.